The van der Waals surface area contributed by atoms with E-state index in [4.69, 9.17) is 37.9 Å². The van der Waals surface area contributed by atoms with Crippen LogP contribution in [-0.2, 0) is 47.5 Å². The minimum atomic E-state index is -1.54. The van der Waals surface area contributed by atoms with Crippen molar-refractivity contribution in [3.05, 3.63) is 24.3 Å². The van der Waals surface area contributed by atoms with Crippen LogP contribution in [0, 0.1) is 17.8 Å². The molecule has 9 aliphatic heterocycles. The Morgan fingerprint density at radius 2 is 1.62 bits per heavy atom. The van der Waals surface area contributed by atoms with Crippen molar-refractivity contribution in [2.45, 2.75) is 188 Å². The number of rotatable bonds is 3. The molecule has 10 fully saturated rings. The molecule has 0 aromatic carbocycles. The predicted molar refractivity (Wildman–Crippen MR) is 196 cm³/mol. The molecule has 1 saturated carbocycles. The van der Waals surface area contributed by atoms with E-state index in [-0.39, 0.29) is 122 Å². The molecule has 306 valence electrons. The smallest absolute Gasteiger partial charge is 0.246 e. The van der Waals surface area contributed by atoms with Gasteiger partial charge in [0.1, 0.15) is 18.5 Å². The molecule has 1 unspecified atom stereocenters. The number of morpholine rings is 1. The van der Waals surface area contributed by atoms with Crippen molar-refractivity contribution in [3.63, 3.8) is 0 Å². The third kappa shape index (κ3) is 7.89. The van der Waals surface area contributed by atoms with Crippen LogP contribution in [0.4, 0.5) is 0 Å². The first kappa shape index (κ1) is 38.7. The van der Waals surface area contributed by atoms with Crippen molar-refractivity contribution in [2.75, 3.05) is 20.3 Å². The van der Waals surface area contributed by atoms with Crippen LogP contribution in [0.15, 0.2) is 24.3 Å². The number of aliphatic hydroxyl groups is 2. The summed E-state index contributed by atoms with van der Waals surface area (Å²) in [5.41, 5.74) is 2.10. The summed E-state index contributed by atoms with van der Waals surface area (Å²) in [4.78, 5) is 25.9. The summed E-state index contributed by atoms with van der Waals surface area (Å²) >= 11 is 0. The lowest BCUT2D eigenvalue weighted by Gasteiger charge is -2.61. The molecule has 13 heteroatoms. The Bertz CT molecular complexity index is 1470. The molecule has 1 aliphatic carbocycles. The van der Waals surface area contributed by atoms with E-state index in [2.05, 4.69) is 18.5 Å². The van der Waals surface area contributed by atoms with Crippen LogP contribution in [0.25, 0.3) is 0 Å². The van der Waals surface area contributed by atoms with E-state index in [0.29, 0.717) is 45.1 Å². The van der Waals surface area contributed by atoms with E-state index in [1.807, 2.05) is 0 Å². The molecule has 1 amide bonds. The number of carbonyl (C=O) groups excluding carboxylic acids is 2. The summed E-state index contributed by atoms with van der Waals surface area (Å²) < 4.78 is 52.2. The van der Waals surface area contributed by atoms with E-state index >= 15 is 0 Å². The molecule has 0 radical (unpaired) electrons. The van der Waals surface area contributed by atoms with Gasteiger partial charge in [-0.3, -0.25) is 9.59 Å². The number of amides is 1. The number of aliphatic hydroxyl groups excluding tert-OH is 1. The first-order valence-corrected chi connectivity index (χ1v) is 21.2. The SMILES string of the molecule is C=C1C[C@@H]2CC[C@@]3(O)C[C@@H](O)[C@@H]4CC5[C@H]4O[C@H]4CC[C@H](CC(=O)C[C@@H]6[C@@H](OC)[C@@H](C[C@H]7CNC(=O)CO7)O[C@H]6C[C@H]6O[C@H](CCC6=C)CC[C@@H]1O2)O[C@@H]4[C@@H]5O3. The summed E-state index contributed by atoms with van der Waals surface area (Å²) in [5.74, 6) is -1.84. The van der Waals surface area contributed by atoms with E-state index < -0.39 is 24.1 Å². The molecule has 18 atom stereocenters. The van der Waals surface area contributed by atoms with Gasteiger partial charge in [0.15, 0.2) is 5.79 Å². The largest absolute Gasteiger partial charge is 0.393 e. The van der Waals surface area contributed by atoms with Gasteiger partial charge in [-0.25, -0.2) is 0 Å². The number of ketones is 1. The highest BCUT2D eigenvalue weighted by molar-refractivity contribution is 5.79. The van der Waals surface area contributed by atoms with Crippen molar-refractivity contribution in [2.24, 2.45) is 17.8 Å². The van der Waals surface area contributed by atoms with Crippen LogP contribution < -0.4 is 5.32 Å². The van der Waals surface area contributed by atoms with Gasteiger partial charge in [-0.2, -0.15) is 0 Å². The summed E-state index contributed by atoms with van der Waals surface area (Å²) in [7, 11) is 1.68. The quantitative estimate of drug-likeness (QED) is 0.361. The maximum atomic E-state index is 14.1. The van der Waals surface area contributed by atoms with Crippen molar-refractivity contribution in [3.8, 4) is 0 Å². The number of fused-ring (bicyclic) bond motifs is 7. The van der Waals surface area contributed by atoms with Gasteiger partial charge in [0.05, 0.1) is 79.4 Å². The highest BCUT2D eigenvalue weighted by Gasteiger charge is 2.62. The van der Waals surface area contributed by atoms with Gasteiger partial charge in [0, 0.05) is 69.9 Å². The summed E-state index contributed by atoms with van der Waals surface area (Å²) in [5, 5.41) is 26.2. The van der Waals surface area contributed by atoms with Crippen molar-refractivity contribution < 1.29 is 57.7 Å². The minimum Gasteiger partial charge on any atom is -0.393 e. The Hall–Kier alpha value is -1.78. The molecule has 9 saturated heterocycles. The second-order valence-corrected chi connectivity index (χ2v) is 18.2. The lowest BCUT2D eigenvalue weighted by molar-refractivity contribution is -0.369. The highest BCUT2D eigenvalue weighted by atomic mass is 16.7. The normalized spacial score (nSPS) is 50.6. The van der Waals surface area contributed by atoms with Gasteiger partial charge in [-0.05, 0) is 68.9 Å². The molecule has 13 nitrogen and oxygen atoms in total. The van der Waals surface area contributed by atoms with Gasteiger partial charge in [0.25, 0.3) is 0 Å². The standard InChI is InChI=1S/C42H61NO12/c1-21-4-5-24-6-8-32-22(2)12-26(51-32)10-11-42(47)18-31(45)28-16-30-38(28)54-33-9-7-25(52-41(33)40(30)55-42)13-23(44)14-29-35(17-34(21)50-24)53-36(39(29)48-3)15-27-19-43-37(46)20-49-27/h24-36,38-41,45,47H,1-2,4-20H2,3H3,(H,43,46)/t24-,25-,26+,27+,28+,29+,30?,31-,32+,33+,34-,35+,36-,38+,39-,40-,41+,42+/m1/s1. The predicted octanol–water partition coefficient (Wildman–Crippen LogP) is 3.21. The number of hydrogen-bond donors (Lipinski definition) is 3. The molecule has 3 N–H and O–H groups in total. The number of methoxy groups -OCH3 is 1. The molecule has 11 bridgehead atoms. The van der Waals surface area contributed by atoms with E-state index in [0.717, 1.165) is 49.7 Å². The van der Waals surface area contributed by atoms with E-state index in [9.17, 15) is 19.8 Å². The Balaban J connectivity index is 0.972. The Kier molecular flexibility index (Phi) is 11.1. The zero-order chi connectivity index (χ0) is 38.0. The third-order valence-electron chi connectivity index (χ3n) is 14.6. The molecular formula is C42H61NO12. The fourth-order valence-electron chi connectivity index (χ4n) is 11.6. The Morgan fingerprint density at radius 3 is 2.44 bits per heavy atom. The fraction of sp³-hybridized carbons (Fsp3) is 0.857. The molecule has 55 heavy (non-hydrogen) atoms. The average Bonchev–Trinajstić information content (AvgIpc) is 3.66. The molecule has 0 spiro atoms. The van der Waals surface area contributed by atoms with Crippen molar-refractivity contribution in [1.82, 2.24) is 5.32 Å². The zero-order valence-corrected chi connectivity index (χ0v) is 32.2. The highest BCUT2D eigenvalue weighted by Crippen LogP contribution is 2.54. The lowest BCUT2D eigenvalue weighted by atomic mass is 9.61. The monoisotopic (exact) mass is 771 g/mol. The number of nitrogens with one attached hydrogen (secondary N) is 1. The van der Waals surface area contributed by atoms with Crippen LogP contribution in [0.5, 0.6) is 0 Å². The second-order valence-electron chi connectivity index (χ2n) is 18.2. The molecule has 0 aromatic rings. The molecular weight excluding hydrogens is 710 g/mol. The summed E-state index contributed by atoms with van der Waals surface area (Å²) in [6.07, 6.45) is 5.06. The van der Waals surface area contributed by atoms with Crippen LogP contribution in [-0.4, -0.2) is 133 Å². The van der Waals surface area contributed by atoms with Gasteiger partial charge in [-0.1, -0.05) is 13.2 Å². The lowest BCUT2D eigenvalue weighted by Crippen LogP contribution is -2.70. The average molecular weight is 772 g/mol. The third-order valence-corrected chi connectivity index (χ3v) is 14.6. The summed E-state index contributed by atoms with van der Waals surface area (Å²) in [6.45, 7) is 9.20. The van der Waals surface area contributed by atoms with Crippen LogP contribution >= 0.6 is 0 Å². The van der Waals surface area contributed by atoms with Crippen LogP contribution in [0.3, 0.4) is 0 Å². The van der Waals surface area contributed by atoms with Gasteiger partial charge in [0.2, 0.25) is 5.91 Å². The topological polar surface area (TPSA) is 160 Å². The van der Waals surface area contributed by atoms with Crippen molar-refractivity contribution in [1.29, 1.82) is 0 Å². The minimum absolute atomic E-state index is 0.00767. The molecule has 10 aliphatic rings. The van der Waals surface area contributed by atoms with E-state index in [1.165, 1.54) is 0 Å². The first-order valence-electron chi connectivity index (χ1n) is 21.2. The van der Waals surface area contributed by atoms with Crippen molar-refractivity contribution >= 4 is 11.7 Å². The van der Waals surface area contributed by atoms with Crippen LogP contribution in [0.2, 0.25) is 0 Å². The zero-order valence-electron chi connectivity index (χ0n) is 32.2. The molecule has 10 rings (SSSR count). The Morgan fingerprint density at radius 1 is 0.800 bits per heavy atom. The van der Waals surface area contributed by atoms with Gasteiger partial charge < -0.3 is 53.4 Å². The number of hydrogen-bond acceptors (Lipinski definition) is 12. The first-order chi connectivity index (χ1) is 26.5. The van der Waals surface area contributed by atoms with Crippen LogP contribution in [0.1, 0.15) is 96.3 Å². The van der Waals surface area contributed by atoms with E-state index in [1.54, 1.807) is 7.11 Å². The maximum Gasteiger partial charge on any atom is 0.246 e. The summed E-state index contributed by atoms with van der Waals surface area (Å²) in [6, 6.07) is 0. The number of carbonyl (C=O) groups is 2. The maximum absolute atomic E-state index is 14.1. The number of Topliss-reactive ketones (excluding diaryl/α,β-unsaturated/α-hetero) is 1. The Labute approximate surface area is 324 Å². The van der Waals surface area contributed by atoms with Gasteiger partial charge >= 0.3 is 0 Å². The fourth-order valence-corrected chi connectivity index (χ4v) is 11.6. The van der Waals surface area contributed by atoms with Gasteiger partial charge in [-0.15, -0.1) is 0 Å². The number of ether oxygens (including phenoxy) is 8. The molecule has 0 aromatic heterocycles. The molecule has 9 heterocycles. The second kappa shape index (κ2) is 15.8.